The van der Waals surface area contributed by atoms with Crippen LogP contribution in [0.1, 0.15) is 25.8 Å². The van der Waals surface area contributed by atoms with Gasteiger partial charge in [0, 0.05) is 18.1 Å². The van der Waals surface area contributed by atoms with Gasteiger partial charge in [-0.05, 0) is 31.0 Å². The van der Waals surface area contributed by atoms with Crippen molar-refractivity contribution in [2.75, 3.05) is 6.54 Å². The zero-order valence-electron chi connectivity index (χ0n) is 11.6. The number of hydrogen-bond donors (Lipinski definition) is 3. The molecule has 0 heterocycles. The van der Waals surface area contributed by atoms with Crippen LogP contribution in [-0.2, 0) is 11.3 Å². The predicted octanol–water partition coefficient (Wildman–Crippen LogP) is 2.64. The van der Waals surface area contributed by atoms with Crippen LogP contribution in [0.4, 0.5) is 4.79 Å². The van der Waals surface area contributed by atoms with Crippen molar-refractivity contribution >= 4 is 23.6 Å². The van der Waals surface area contributed by atoms with Gasteiger partial charge in [-0.2, -0.15) is 0 Å². The van der Waals surface area contributed by atoms with Gasteiger partial charge in [-0.15, -0.1) is 0 Å². The molecule has 1 rings (SSSR count). The summed E-state index contributed by atoms with van der Waals surface area (Å²) in [4.78, 5) is 22.7. The highest BCUT2D eigenvalue weighted by Crippen LogP contribution is 2.19. The van der Waals surface area contributed by atoms with Gasteiger partial charge in [-0.25, -0.2) is 4.79 Å². The molecule has 1 aromatic rings. The smallest absolute Gasteiger partial charge is 0.315 e. The van der Waals surface area contributed by atoms with E-state index in [1.807, 2.05) is 6.07 Å². The third-order valence-electron chi connectivity index (χ3n) is 3.28. The molecule has 0 bridgehead atoms. The lowest BCUT2D eigenvalue weighted by molar-refractivity contribution is -0.147. The van der Waals surface area contributed by atoms with E-state index < -0.39 is 17.4 Å². The van der Waals surface area contributed by atoms with Gasteiger partial charge < -0.3 is 15.7 Å². The van der Waals surface area contributed by atoms with Gasteiger partial charge in [0.25, 0.3) is 0 Å². The second-order valence-corrected chi connectivity index (χ2v) is 5.32. The Bertz CT molecular complexity index is 493. The molecular weight excluding hydrogens is 280 g/mol. The average Bonchev–Trinajstić information content (AvgIpc) is 2.42. The second-order valence-electron chi connectivity index (χ2n) is 4.89. The van der Waals surface area contributed by atoms with E-state index in [1.54, 1.807) is 32.0 Å². The van der Waals surface area contributed by atoms with Crippen LogP contribution in [0, 0.1) is 5.41 Å². The van der Waals surface area contributed by atoms with E-state index in [2.05, 4.69) is 10.6 Å². The summed E-state index contributed by atoms with van der Waals surface area (Å²) < 4.78 is 0. The Morgan fingerprint density at radius 3 is 2.60 bits per heavy atom. The molecule has 0 aliphatic heterocycles. The van der Waals surface area contributed by atoms with Crippen molar-refractivity contribution in [3.8, 4) is 0 Å². The normalized spacial score (nSPS) is 13.3. The lowest BCUT2D eigenvalue weighted by Crippen LogP contribution is -2.44. The van der Waals surface area contributed by atoms with E-state index in [0.717, 1.165) is 5.56 Å². The first kappa shape index (κ1) is 16.3. The molecule has 0 spiro atoms. The maximum absolute atomic E-state index is 11.6. The fourth-order valence-corrected chi connectivity index (χ4v) is 1.73. The summed E-state index contributed by atoms with van der Waals surface area (Å²) in [6.07, 6.45) is 0.441. The molecular formula is C14H19ClN2O3. The highest BCUT2D eigenvalue weighted by Gasteiger charge is 2.31. The molecule has 2 amide bonds. The van der Waals surface area contributed by atoms with E-state index in [4.69, 9.17) is 16.7 Å². The van der Waals surface area contributed by atoms with Gasteiger partial charge in [-0.1, -0.05) is 30.7 Å². The second kappa shape index (κ2) is 7.14. The van der Waals surface area contributed by atoms with Crippen LogP contribution in [0.5, 0.6) is 0 Å². The number of hydrogen-bond acceptors (Lipinski definition) is 2. The minimum absolute atomic E-state index is 0.0835. The standard InChI is InChI=1S/C14H19ClN2O3/c1-3-14(2,12(18)19)9-17-13(20)16-8-10-5-4-6-11(15)7-10/h4-7H,3,8-9H2,1-2H3,(H,18,19)(H2,16,17,20). The molecule has 0 saturated heterocycles. The molecule has 0 aliphatic carbocycles. The van der Waals surface area contributed by atoms with E-state index in [1.165, 1.54) is 0 Å². The van der Waals surface area contributed by atoms with Crippen molar-refractivity contribution in [1.82, 2.24) is 10.6 Å². The van der Waals surface area contributed by atoms with Crippen LogP contribution in [0.25, 0.3) is 0 Å². The van der Waals surface area contributed by atoms with Crippen molar-refractivity contribution in [3.05, 3.63) is 34.9 Å². The Labute approximate surface area is 123 Å². The van der Waals surface area contributed by atoms with E-state index in [-0.39, 0.29) is 6.54 Å². The summed E-state index contributed by atoms with van der Waals surface area (Å²) in [5, 5.41) is 14.9. The molecule has 0 fully saturated rings. The summed E-state index contributed by atoms with van der Waals surface area (Å²) >= 11 is 5.84. The van der Waals surface area contributed by atoms with Crippen molar-refractivity contribution in [2.24, 2.45) is 5.41 Å². The van der Waals surface area contributed by atoms with Crippen molar-refractivity contribution in [1.29, 1.82) is 0 Å². The molecule has 3 N–H and O–H groups in total. The predicted molar refractivity (Wildman–Crippen MR) is 77.7 cm³/mol. The summed E-state index contributed by atoms with van der Waals surface area (Å²) in [7, 11) is 0. The molecule has 1 atom stereocenters. The topological polar surface area (TPSA) is 78.4 Å². The average molecular weight is 299 g/mol. The number of carboxylic acid groups (broad SMARTS) is 1. The highest BCUT2D eigenvalue weighted by atomic mass is 35.5. The molecule has 0 aromatic heterocycles. The Morgan fingerprint density at radius 2 is 2.05 bits per heavy atom. The zero-order valence-corrected chi connectivity index (χ0v) is 12.3. The maximum Gasteiger partial charge on any atom is 0.315 e. The molecule has 0 radical (unpaired) electrons. The van der Waals surface area contributed by atoms with E-state index >= 15 is 0 Å². The number of benzene rings is 1. The number of carbonyl (C=O) groups is 2. The Balaban J connectivity index is 2.43. The number of rotatable bonds is 6. The number of urea groups is 1. The van der Waals surface area contributed by atoms with Crippen molar-refractivity contribution in [3.63, 3.8) is 0 Å². The number of carboxylic acids is 1. The minimum atomic E-state index is -0.951. The SMILES string of the molecule is CCC(C)(CNC(=O)NCc1cccc(Cl)c1)C(=O)O. The minimum Gasteiger partial charge on any atom is -0.481 e. The van der Waals surface area contributed by atoms with Crippen LogP contribution in [-0.4, -0.2) is 23.7 Å². The fraction of sp³-hybridized carbons (Fsp3) is 0.429. The van der Waals surface area contributed by atoms with Crippen LogP contribution < -0.4 is 10.6 Å². The summed E-state index contributed by atoms with van der Waals surface area (Å²) in [6, 6.07) is 6.76. The first-order valence-electron chi connectivity index (χ1n) is 6.37. The summed E-state index contributed by atoms with van der Waals surface area (Å²) in [5.41, 5.74) is -0.0722. The maximum atomic E-state index is 11.6. The Hall–Kier alpha value is -1.75. The summed E-state index contributed by atoms with van der Waals surface area (Å²) in [6.45, 7) is 3.80. The van der Waals surface area contributed by atoms with Gasteiger partial charge in [0.1, 0.15) is 0 Å². The first-order chi connectivity index (χ1) is 9.37. The molecule has 5 nitrogen and oxygen atoms in total. The van der Waals surface area contributed by atoms with Gasteiger partial charge in [-0.3, -0.25) is 4.79 Å². The zero-order chi connectivity index (χ0) is 15.2. The molecule has 0 saturated carbocycles. The van der Waals surface area contributed by atoms with Gasteiger partial charge in [0.05, 0.1) is 5.41 Å². The molecule has 6 heteroatoms. The van der Waals surface area contributed by atoms with E-state index in [9.17, 15) is 9.59 Å². The van der Waals surface area contributed by atoms with Gasteiger partial charge >= 0.3 is 12.0 Å². The molecule has 1 aromatic carbocycles. The number of nitrogens with one attached hydrogen (secondary N) is 2. The number of carbonyl (C=O) groups excluding carboxylic acids is 1. The fourth-order valence-electron chi connectivity index (χ4n) is 1.52. The first-order valence-corrected chi connectivity index (χ1v) is 6.75. The molecule has 1 unspecified atom stereocenters. The van der Waals surface area contributed by atoms with Crippen molar-refractivity contribution in [2.45, 2.75) is 26.8 Å². The lowest BCUT2D eigenvalue weighted by Gasteiger charge is -2.23. The highest BCUT2D eigenvalue weighted by molar-refractivity contribution is 6.30. The van der Waals surface area contributed by atoms with Gasteiger partial charge in [0.15, 0.2) is 0 Å². The van der Waals surface area contributed by atoms with E-state index in [0.29, 0.717) is 18.0 Å². The number of amides is 2. The molecule has 20 heavy (non-hydrogen) atoms. The third kappa shape index (κ3) is 4.74. The third-order valence-corrected chi connectivity index (χ3v) is 3.51. The molecule has 110 valence electrons. The van der Waals surface area contributed by atoms with Crippen LogP contribution >= 0.6 is 11.6 Å². The van der Waals surface area contributed by atoms with Crippen LogP contribution in [0.2, 0.25) is 5.02 Å². The largest absolute Gasteiger partial charge is 0.481 e. The summed E-state index contributed by atoms with van der Waals surface area (Å²) in [5.74, 6) is -0.921. The number of halogens is 1. The molecule has 0 aliphatic rings. The Kier molecular flexibility index (Phi) is 5.82. The van der Waals surface area contributed by atoms with Crippen LogP contribution in [0.15, 0.2) is 24.3 Å². The lowest BCUT2D eigenvalue weighted by atomic mass is 9.88. The van der Waals surface area contributed by atoms with Crippen LogP contribution in [0.3, 0.4) is 0 Å². The van der Waals surface area contributed by atoms with Gasteiger partial charge in [0.2, 0.25) is 0 Å². The monoisotopic (exact) mass is 298 g/mol. The number of aliphatic carboxylic acids is 1. The Morgan fingerprint density at radius 1 is 1.35 bits per heavy atom. The van der Waals surface area contributed by atoms with Crippen molar-refractivity contribution < 1.29 is 14.7 Å². The quantitative estimate of drug-likeness (QED) is 0.755.